The molecule has 0 aliphatic carbocycles. The first kappa shape index (κ1) is 29.2. The summed E-state index contributed by atoms with van der Waals surface area (Å²) in [4.78, 5) is 25.2. The minimum Gasteiger partial charge on any atom is -0.462 e. The van der Waals surface area contributed by atoms with Gasteiger partial charge in [0.25, 0.3) is 0 Å². The van der Waals surface area contributed by atoms with Crippen LogP contribution in [-0.4, -0.2) is 24.6 Å². The Hall–Kier alpha value is -1.84. The van der Waals surface area contributed by atoms with Crippen LogP contribution in [0, 0.1) is 0 Å². The molecule has 1 rings (SSSR count). The molecular formula is C29H48O4. The van der Waals surface area contributed by atoms with Crippen molar-refractivity contribution in [2.24, 2.45) is 0 Å². The second-order valence-electron chi connectivity index (χ2n) is 9.28. The van der Waals surface area contributed by atoms with Crippen LogP contribution >= 0.6 is 0 Å². The molecule has 0 saturated carbocycles. The maximum atomic E-state index is 12.7. The van der Waals surface area contributed by atoms with Gasteiger partial charge in [0.15, 0.2) is 0 Å². The summed E-state index contributed by atoms with van der Waals surface area (Å²) in [5, 5.41) is 0. The van der Waals surface area contributed by atoms with Gasteiger partial charge in [-0.3, -0.25) is 0 Å². The molecule has 0 amide bonds. The molecule has 1 atom stereocenters. The summed E-state index contributed by atoms with van der Waals surface area (Å²) in [6.07, 6.45) is 18.9. The number of hydrogen-bond acceptors (Lipinski definition) is 4. The van der Waals surface area contributed by atoms with Crippen LogP contribution in [-0.2, 0) is 9.47 Å². The van der Waals surface area contributed by atoms with Gasteiger partial charge in [0.1, 0.15) is 0 Å². The Balaban J connectivity index is 2.31. The van der Waals surface area contributed by atoms with Crippen molar-refractivity contribution in [1.29, 1.82) is 0 Å². The van der Waals surface area contributed by atoms with Gasteiger partial charge in [-0.15, -0.1) is 0 Å². The Bertz CT molecular complexity index is 640. The van der Waals surface area contributed by atoms with Crippen molar-refractivity contribution in [3.8, 4) is 0 Å². The van der Waals surface area contributed by atoms with Crippen molar-refractivity contribution in [1.82, 2.24) is 0 Å². The number of benzene rings is 1. The molecule has 1 unspecified atom stereocenters. The molecule has 1 aromatic rings. The number of rotatable bonds is 20. The zero-order chi connectivity index (χ0) is 24.2. The van der Waals surface area contributed by atoms with Crippen LogP contribution in [0.15, 0.2) is 24.3 Å². The van der Waals surface area contributed by atoms with E-state index in [9.17, 15) is 9.59 Å². The number of unbranched alkanes of at least 4 members (excludes halogenated alkanes) is 13. The van der Waals surface area contributed by atoms with Gasteiger partial charge in [-0.25, -0.2) is 9.59 Å². The van der Waals surface area contributed by atoms with Gasteiger partial charge in [-0.1, -0.05) is 109 Å². The van der Waals surface area contributed by atoms with Gasteiger partial charge in [0.2, 0.25) is 0 Å². The van der Waals surface area contributed by atoms with Crippen LogP contribution in [0.3, 0.4) is 0 Å². The standard InChI is InChI=1S/C29H48O4/c1-4-6-8-10-12-13-14-16-20-24-32-28(30)26-22-18-19-23-27(26)29(31)33-25(3)21-17-15-11-9-7-5-2/h18-19,22-23,25H,4-17,20-21,24H2,1-3H3. The maximum absolute atomic E-state index is 12.7. The largest absolute Gasteiger partial charge is 0.462 e. The Kier molecular flexibility index (Phi) is 17.4. The first-order valence-corrected chi connectivity index (χ1v) is 13.6. The van der Waals surface area contributed by atoms with E-state index < -0.39 is 11.9 Å². The normalized spacial score (nSPS) is 11.8. The molecule has 0 saturated heterocycles. The van der Waals surface area contributed by atoms with Gasteiger partial charge in [-0.2, -0.15) is 0 Å². The maximum Gasteiger partial charge on any atom is 0.339 e. The number of hydrogen-bond donors (Lipinski definition) is 0. The van der Waals surface area contributed by atoms with Gasteiger partial charge >= 0.3 is 11.9 Å². The third-order valence-electron chi connectivity index (χ3n) is 6.12. The average Bonchev–Trinajstić information content (AvgIpc) is 2.82. The van der Waals surface area contributed by atoms with Gasteiger partial charge in [0, 0.05) is 0 Å². The average molecular weight is 461 g/mol. The van der Waals surface area contributed by atoms with Crippen molar-refractivity contribution in [2.45, 2.75) is 130 Å². The van der Waals surface area contributed by atoms with E-state index in [4.69, 9.17) is 9.47 Å². The topological polar surface area (TPSA) is 52.6 Å². The SMILES string of the molecule is CCCCCCCCCCCOC(=O)c1ccccc1C(=O)OC(C)CCCCCCCC. The van der Waals surface area contributed by atoms with Gasteiger partial charge < -0.3 is 9.47 Å². The summed E-state index contributed by atoms with van der Waals surface area (Å²) in [6, 6.07) is 6.81. The number of carbonyl (C=O) groups excluding carboxylic acids is 2. The minimum absolute atomic E-state index is 0.158. The van der Waals surface area contributed by atoms with E-state index in [0.29, 0.717) is 17.7 Å². The molecule has 0 radical (unpaired) electrons. The highest BCUT2D eigenvalue weighted by Crippen LogP contribution is 2.16. The lowest BCUT2D eigenvalue weighted by atomic mass is 10.1. The summed E-state index contributed by atoms with van der Waals surface area (Å²) in [5.41, 5.74) is 0.592. The molecule has 188 valence electrons. The molecule has 1 aromatic carbocycles. The quantitative estimate of drug-likeness (QED) is 0.144. The Labute approximate surface area is 202 Å². The van der Waals surface area contributed by atoms with Crippen LogP contribution in [0.5, 0.6) is 0 Å². The highest BCUT2D eigenvalue weighted by molar-refractivity contribution is 6.03. The lowest BCUT2D eigenvalue weighted by Gasteiger charge is -2.15. The zero-order valence-corrected chi connectivity index (χ0v) is 21.5. The molecule has 0 heterocycles. The zero-order valence-electron chi connectivity index (χ0n) is 21.5. The molecule has 0 aliphatic rings. The predicted molar refractivity (Wildman–Crippen MR) is 137 cm³/mol. The van der Waals surface area contributed by atoms with Crippen molar-refractivity contribution in [2.75, 3.05) is 6.61 Å². The van der Waals surface area contributed by atoms with Crippen LogP contribution in [0.2, 0.25) is 0 Å². The Morgan fingerprint density at radius 1 is 0.667 bits per heavy atom. The highest BCUT2D eigenvalue weighted by atomic mass is 16.5. The molecule has 4 heteroatoms. The van der Waals surface area contributed by atoms with Gasteiger partial charge in [0.05, 0.1) is 23.8 Å². The van der Waals surface area contributed by atoms with E-state index in [1.165, 1.54) is 77.0 Å². The lowest BCUT2D eigenvalue weighted by molar-refractivity contribution is 0.0307. The molecule has 4 nitrogen and oxygen atoms in total. The van der Waals surface area contributed by atoms with Crippen molar-refractivity contribution in [3.05, 3.63) is 35.4 Å². The number of ether oxygens (including phenoxy) is 2. The summed E-state index contributed by atoms with van der Waals surface area (Å²) in [5.74, 6) is -0.880. The van der Waals surface area contributed by atoms with Crippen LogP contribution < -0.4 is 0 Å². The molecule has 0 N–H and O–H groups in total. The van der Waals surface area contributed by atoms with E-state index in [0.717, 1.165) is 25.7 Å². The lowest BCUT2D eigenvalue weighted by Crippen LogP contribution is -2.19. The van der Waals surface area contributed by atoms with Crippen molar-refractivity contribution < 1.29 is 19.1 Å². The Morgan fingerprint density at radius 2 is 1.12 bits per heavy atom. The molecule has 0 fully saturated rings. The second kappa shape index (κ2) is 19.6. The summed E-state index contributed by atoms with van der Waals surface area (Å²) >= 11 is 0. The van der Waals surface area contributed by atoms with Crippen molar-refractivity contribution in [3.63, 3.8) is 0 Å². The summed E-state index contributed by atoms with van der Waals surface area (Å²) in [6.45, 7) is 6.77. The third-order valence-corrected chi connectivity index (χ3v) is 6.12. The molecule has 0 bridgehead atoms. The highest BCUT2D eigenvalue weighted by Gasteiger charge is 2.20. The first-order valence-electron chi connectivity index (χ1n) is 13.6. The first-order chi connectivity index (χ1) is 16.1. The number of esters is 2. The van der Waals surface area contributed by atoms with E-state index >= 15 is 0 Å². The van der Waals surface area contributed by atoms with E-state index in [1.54, 1.807) is 24.3 Å². The fourth-order valence-corrected chi connectivity index (χ4v) is 4.01. The Morgan fingerprint density at radius 3 is 1.67 bits per heavy atom. The fraction of sp³-hybridized carbons (Fsp3) is 0.724. The molecule has 0 spiro atoms. The summed E-state index contributed by atoms with van der Waals surface area (Å²) in [7, 11) is 0. The van der Waals surface area contributed by atoms with E-state index in [2.05, 4.69) is 13.8 Å². The monoisotopic (exact) mass is 460 g/mol. The smallest absolute Gasteiger partial charge is 0.339 e. The minimum atomic E-state index is -0.441. The third kappa shape index (κ3) is 14.1. The molecular weight excluding hydrogens is 412 g/mol. The molecule has 0 aromatic heterocycles. The fourth-order valence-electron chi connectivity index (χ4n) is 4.01. The van der Waals surface area contributed by atoms with Crippen LogP contribution in [0.1, 0.15) is 144 Å². The number of carbonyl (C=O) groups is 2. The predicted octanol–water partition coefficient (Wildman–Crippen LogP) is 8.67. The summed E-state index contributed by atoms with van der Waals surface area (Å²) < 4.78 is 11.1. The molecule has 33 heavy (non-hydrogen) atoms. The van der Waals surface area contributed by atoms with Gasteiger partial charge in [-0.05, 0) is 38.3 Å². The molecule has 0 aliphatic heterocycles. The van der Waals surface area contributed by atoms with Crippen molar-refractivity contribution >= 4 is 11.9 Å². The second-order valence-corrected chi connectivity index (χ2v) is 9.28. The van der Waals surface area contributed by atoms with E-state index in [1.807, 2.05) is 6.92 Å². The van der Waals surface area contributed by atoms with Crippen LogP contribution in [0.4, 0.5) is 0 Å². The van der Waals surface area contributed by atoms with E-state index in [-0.39, 0.29) is 6.10 Å². The van der Waals surface area contributed by atoms with Crippen LogP contribution in [0.25, 0.3) is 0 Å².